The van der Waals surface area contributed by atoms with Gasteiger partial charge in [0.2, 0.25) is 0 Å². The van der Waals surface area contributed by atoms with Crippen molar-refractivity contribution in [3.63, 3.8) is 0 Å². The molecule has 5 aromatic rings. The van der Waals surface area contributed by atoms with Crippen molar-refractivity contribution in [2.75, 3.05) is 0 Å². The summed E-state index contributed by atoms with van der Waals surface area (Å²) in [7, 11) is 0. The topological polar surface area (TPSA) is 44.5 Å². The second-order valence-corrected chi connectivity index (χ2v) is 9.46. The predicted molar refractivity (Wildman–Crippen MR) is 130 cm³/mol. The van der Waals surface area contributed by atoms with E-state index >= 15 is 0 Å². The van der Waals surface area contributed by atoms with Crippen molar-refractivity contribution in [3.05, 3.63) is 86.3 Å². The van der Waals surface area contributed by atoms with Gasteiger partial charge in [-0.25, -0.2) is 4.98 Å². The molecule has 0 aliphatic carbocycles. The van der Waals surface area contributed by atoms with Crippen molar-refractivity contribution in [2.45, 2.75) is 0 Å². The van der Waals surface area contributed by atoms with Crippen molar-refractivity contribution in [1.82, 2.24) is 15.0 Å². The Morgan fingerprint density at radius 1 is 0.690 bits per heavy atom. The summed E-state index contributed by atoms with van der Waals surface area (Å²) in [5.74, 6) is 0.838. The molecule has 0 atom stereocenters. The van der Waals surface area contributed by atoms with Crippen molar-refractivity contribution in [2.24, 2.45) is 0 Å². The zero-order chi connectivity index (χ0) is 20.0. The van der Waals surface area contributed by atoms with E-state index in [4.69, 9.17) is 4.98 Å². The first-order chi connectivity index (χ1) is 14.1. The maximum Gasteiger partial charge on any atom is 0.140 e. The summed E-state index contributed by atoms with van der Waals surface area (Å²) in [4.78, 5) is 11.9. The van der Waals surface area contributed by atoms with Gasteiger partial charge in [-0.3, -0.25) is 0 Å². The van der Waals surface area contributed by atoms with Crippen molar-refractivity contribution in [1.29, 1.82) is 0 Å². The molecule has 0 saturated carbocycles. The Morgan fingerprint density at radius 3 is 2.00 bits per heavy atom. The molecular weight excluding hydrogens is 558 g/mol. The second kappa shape index (κ2) is 7.59. The van der Waals surface area contributed by atoms with E-state index < -0.39 is 0 Å². The molecule has 2 heterocycles. The number of rotatable bonds is 3. The minimum atomic E-state index is 0.838. The van der Waals surface area contributed by atoms with Crippen LogP contribution in [0.25, 0.3) is 44.8 Å². The van der Waals surface area contributed by atoms with E-state index in [1.165, 1.54) is 0 Å². The Labute approximate surface area is 193 Å². The number of hydrogen-bond donors (Lipinski definition) is 2. The first-order valence-electron chi connectivity index (χ1n) is 8.97. The van der Waals surface area contributed by atoms with Gasteiger partial charge in [0.1, 0.15) is 5.82 Å². The average molecular weight is 572 g/mol. The van der Waals surface area contributed by atoms with Crippen LogP contribution in [-0.4, -0.2) is 15.0 Å². The molecular formula is C23H14Br3N3. The van der Waals surface area contributed by atoms with Gasteiger partial charge < -0.3 is 9.97 Å². The van der Waals surface area contributed by atoms with Gasteiger partial charge in [-0.1, -0.05) is 72.1 Å². The van der Waals surface area contributed by atoms with Crippen molar-refractivity contribution in [3.8, 4) is 33.9 Å². The van der Waals surface area contributed by atoms with Crippen LogP contribution in [0.15, 0.2) is 86.3 Å². The molecule has 29 heavy (non-hydrogen) atoms. The fourth-order valence-electron chi connectivity index (χ4n) is 3.43. The van der Waals surface area contributed by atoms with Crippen LogP contribution in [0.1, 0.15) is 0 Å². The Morgan fingerprint density at radius 2 is 1.31 bits per heavy atom. The zero-order valence-corrected chi connectivity index (χ0v) is 19.8. The highest BCUT2D eigenvalue weighted by Crippen LogP contribution is 2.36. The summed E-state index contributed by atoms with van der Waals surface area (Å²) >= 11 is 10.6. The summed E-state index contributed by atoms with van der Waals surface area (Å²) in [6, 6.07) is 22.7. The molecule has 0 saturated heterocycles. The Balaban J connectivity index is 1.73. The van der Waals surface area contributed by atoms with Crippen LogP contribution >= 0.6 is 47.8 Å². The predicted octanol–water partition coefficient (Wildman–Crippen LogP) is 8.18. The van der Waals surface area contributed by atoms with Crippen LogP contribution in [0, 0.1) is 0 Å². The van der Waals surface area contributed by atoms with Crippen LogP contribution in [0.3, 0.4) is 0 Å². The molecule has 0 radical (unpaired) electrons. The van der Waals surface area contributed by atoms with Gasteiger partial charge in [0.25, 0.3) is 0 Å². The van der Waals surface area contributed by atoms with E-state index in [0.717, 1.165) is 58.2 Å². The number of imidazole rings is 1. The standard InChI is InChI=1S/C23H14Br3N3/c24-15-5-1-13(2-6-15)21-22(14-3-7-16(25)8-4-14)29-23(28-21)19-12-27-20-10-9-17(26)11-18(19)20/h1-12,27H,(H,28,29). The van der Waals surface area contributed by atoms with Crippen LogP contribution in [-0.2, 0) is 0 Å². The van der Waals surface area contributed by atoms with Gasteiger partial charge in [0, 0.05) is 47.2 Å². The summed E-state index contributed by atoms with van der Waals surface area (Å²) < 4.78 is 3.13. The lowest BCUT2D eigenvalue weighted by Gasteiger charge is -2.04. The largest absolute Gasteiger partial charge is 0.360 e. The number of nitrogens with one attached hydrogen (secondary N) is 2. The van der Waals surface area contributed by atoms with Gasteiger partial charge in [-0.2, -0.15) is 0 Å². The summed E-state index contributed by atoms with van der Waals surface area (Å²) in [6.07, 6.45) is 2.01. The first-order valence-corrected chi connectivity index (χ1v) is 11.4. The van der Waals surface area contributed by atoms with E-state index in [0.29, 0.717) is 0 Å². The lowest BCUT2D eigenvalue weighted by atomic mass is 10.1. The first kappa shape index (κ1) is 18.9. The number of aromatic amines is 2. The third-order valence-electron chi connectivity index (χ3n) is 4.85. The van der Waals surface area contributed by atoms with Crippen LogP contribution in [0.5, 0.6) is 0 Å². The monoisotopic (exact) mass is 569 g/mol. The van der Waals surface area contributed by atoms with Gasteiger partial charge in [-0.15, -0.1) is 0 Å². The van der Waals surface area contributed by atoms with Crippen LogP contribution < -0.4 is 0 Å². The lowest BCUT2D eigenvalue weighted by molar-refractivity contribution is 1.31. The number of halogens is 3. The third-order valence-corrected chi connectivity index (χ3v) is 6.40. The number of benzene rings is 3. The Kier molecular flexibility index (Phi) is 4.94. The number of hydrogen-bond acceptors (Lipinski definition) is 1. The smallest absolute Gasteiger partial charge is 0.140 e. The van der Waals surface area contributed by atoms with Crippen LogP contribution in [0.4, 0.5) is 0 Å². The fourth-order valence-corrected chi connectivity index (χ4v) is 4.32. The van der Waals surface area contributed by atoms with Gasteiger partial charge in [-0.05, 0) is 42.5 Å². The Hall–Kier alpha value is -2.15. The Bertz CT molecular complexity index is 1250. The lowest BCUT2D eigenvalue weighted by Crippen LogP contribution is -1.83. The fraction of sp³-hybridized carbons (Fsp3) is 0. The molecule has 0 amide bonds. The van der Waals surface area contributed by atoms with E-state index in [1.54, 1.807) is 0 Å². The molecule has 0 aliphatic rings. The molecule has 0 fully saturated rings. The molecule has 0 spiro atoms. The zero-order valence-electron chi connectivity index (χ0n) is 15.0. The maximum atomic E-state index is 5.01. The molecule has 3 aromatic carbocycles. The molecule has 2 aromatic heterocycles. The maximum absolute atomic E-state index is 5.01. The normalized spacial score (nSPS) is 11.3. The van der Waals surface area contributed by atoms with Gasteiger partial charge in [0.15, 0.2) is 0 Å². The highest BCUT2D eigenvalue weighted by atomic mass is 79.9. The minimum Gasteiger partial charge on any atom is -0.360 e. The number of aromatic nitrogens is 3. The molecule has 142 valence electrons. The number of H-pyrrole nitrogens is 2. The highest BCUT2D eigenvalue weighted by Gasteiger charge is 2.17. The van der Waals surface area contributed by atoms with Crippen LogP contribution in [0.2, 0.25) is 0 Å². The van der Waals surface area contributed by atoms with E-state index in [9.17, 15) is 0 Å². The van der Waals surface area contributed by atoms with Crippen molar-refractivity contribution < 1.29 is 0 Å². The number of fused-ring (bicyclic) bond motifs is 1. The molecule has 3 nitrogen and oxygen atoms in total. The second-order valence-electron chi connectivity index (χ2n) is 6.72. The summed E-state index contributed by atoms with van der Waals surface area (Å²) in [6.45, 7) is 0. The van der Waals surface area contributed by atoms with Gasteiger partial charge >= 0.3 is 0 Å². The minimum absolute atomic E-state index is 0.838. The SMILES string of the molecule is Brc1ccc(-c2nc(-c3c[nH]c4ccc(Br)cc34)[nH]c2-c2ccc(Br)cc2)cc1. The van der Waals surface area contributed by atoms with E-state index in [2.05, 4.69) is 94.2 Å². The molecule has 0 aliphatic heterocycles. The third kappa shape index (κ3) is 3.61. The summed E-state index contributed by atoms with van der Waals surface area (Å²) in [5, 5.41) is 1.12. The quantitative estimate of drug-likeness (QED) is 0.225. The molecule has 0 bridgehead atoms. The van der Waals surface area contributed by atoms with E-state index in [-0.39, 0.29) is 0 Å². The molecule has 2 N–H and O–H groups in total. The number of nitrogens with zero attached hydrogens (tertiary/aromatic N) is 1. The van der Waals surface area contributed by atoms with Gasteiger partial charge in [0.05, 0.1) is 11.4 Å². The molecule has 5 rings (SSSR count). The van der Waals surface area contributed by atoms with E-state index in [1.807, 2.05) is 36.5 Å². The highest BCUT2D eigenvalue weighted by molar-refractivity contribution is 9.11. The molecule has 0 unspecified atom stereocenters. The summed E-state index contributed by atoms with van der Waals surface area (Å²) in [5.41, 5.74) is 6.21. The molecule has 6 heteroatoms. The average Bonchev–Trinajstić information content (AvgIpc) is 3.33. The van der Waals surface area contributed by atoms with Crippen molar-refractivity contribution >= 4 is 58.7 Å².